The average Bonchev–Trinajstić information content (AvgIpc) is 2.63. The van der Waals surface area contributed by atoms with Gasteiger partial charge in [-0.1, -0.05) is 47.5 Å². The van der Waals surface area contributed by atoms with E-state index in [4.69, 9.17) is 11.6 Å². The molecule has 0 saturated carbocycles. The number of anilines is 2. The Bertz CT molecular complexity index is 878. The van der Waals surface area contributed by atoms with Gasteiger partial charge in [0.25, 0.3) is 5.91 Å². The quantitative estimate of drug-likeness (QED) is 0.686. The molecule has 2 aromatic carbocycles. The maximum atomic E-state index is 12.4. The third-order valence-corrected chi connectivity index (χ3v) is 4.11. The Morgan fingerprint density at radius 1 is 1.04 bits per heavy atom. The van der Waals surface area contributed by atoms with Gasteiger partial charge in [0, 0.05) is 29.1 Å². The molecule has 0 fully saturated rings. The van der Waals surface area contributed by atoms with Gasteiger partial charge in [0.05, 0.1) is 0 Å². The molecule has 3 aromatic rings. The molecule has 1 amide bonds. The Labute approximate surface area is 151 Å². The highest BCUT2D eigenvalue weighted by atomic mass is 35.5. The molecule has 0 aliphatic rings. The van der Waals surface area contributed by atoms with Crippen LogP contribution in [0, 0.1) is 6.92 Å². The van der Waals surface area contributed by atoms with Crippen LogP contribution in [0.4, 0.5) is 11.4 Å². The highest BCUT2D eigenvalue weighted by molar-refractivity contribution is 6.31. The van der Waals surface area contributed by atoms with Gasteiger partial charge in [-0.05, 0) is 42.8 Å². The van der Waals surface area contributed by atoms with Crippen molar-refractivity contribution in [2.75, 3.05) is 10.6 Å². The number of halogens is 1. The first-order chi connectivity index (χ1) is 12.1. The number of carbonyl (C=O) groups is 1. The van der Waals surface area contributed by atoms with Crippen molar-refractivity contribution in [2.24, 2.45) is 0 Å². The molecular formula is C20H18ClN3O. The minimum atomic E-state index is -0.245. The molecule has 4 nitrogen and oxygen atoms in total. The number of hydrogen-bond donors (Lipinski definition) is 2. The van der Waals surface area contributed by atoms with Crippen molar-refractivity contribution in [1.29, 1.82) is 0 Å². The second kappa shape index (κ2) is 7.81. The predicted octanol–water partition coefficient (Wildman–Crippen LogP) is 4.91. The fraction of sp³-hybridized carbons (Fsp3) is 0.100. The fourth-order valence-electron chi connectivity index (χ4n) is 2.34. The highest BCUT2D eigenvalue weighted by Crippen LogP contribution is 2.17. The summed E-state index contributed by atoms with van der Waals surface area (Å²) >= 11 is 6.16. The minimum Gasteiger partial charge on any atom is -0.381 e. The molecule has 0 unspecified atom stereocenters. The Kier molecular flexibility index (Phi) is 5.31. The molecule has 2 N–H and O–H groups in total. The normalized spacial score (nSPS) is 10.3. The lowest BCUT2D eigenvalue weighted by atomic mass is 10.2. The molecule has 126 valence electrons. The lowest BCUT2D eigenvalue weighted by Gasteiger charge is -2.10. The van der Waals surface area contributed by atoms with E-state index in [1.54, 1.807) is 12.3 Å². The van der Waals surface area contributed by atoms with Crippen molar-refractivity contribution in [3.05, 3.63) is 88.7 Å². The van der Waals surface area contributed by atoms with Crippen LogP contribution in [0.25, 0.3) is 0 Å². The van der Waals surface area contributed by atoms with Gasteiger partial charge in [-0.25, -0.2) is 0 Å². The summed E-state index contributed by atoms with van der Waals surface area (Å²) in [6.07, 6.45) is 1.61. The van der Waals surface area contributed by atoms with Gasteiger partial charge in [-0.2, -0.15) is 0 Å². The zero-order valence-electron chi connectivity index (χ0n) is 13.8. The van der Waals surface area contributed by atoms with Crippen LogP contribution in [0.15, 0.2) is 66.9 Å². The summed E-state index contributed by atoms with van der Waals surface area (Å²) in [5.41, 5.74) is 4.04. The Hall–Kier alpha value is -2.85. The summed E-state index contributed by atoms with van der Waals surface area (Å²) in [6, 6.07) is 18.8. The number of nitrogens with zero attached hydrogens (tertiary/aromatic N) is 1. The van der Waals surface area contributed by atoms with Gasteiger partial charge < -0.3 is 10.6 Å². The van der Waals surface area contributed by atoms with E-state index in [0.717, 1.165) is 22.5 Å². The van der Waals surface area contributed by atoms with Crippen LogP contribution >= 0.6 is 11.6 Å². The lowest BCUT2D eigenvalue weighted by molar-refractivity contribution is 0.102. The van der Waals surface area contributed by atoms with Crippen molar-refractivity contribution >= 4 is 28.9 Å². The van der Waals surface area contributed by atoms with Crippen LogP contribution in [0.2, 0.25) is 5.02 Å². The smallest absolute Gasteiger partial charge is 0.274 e. The molecule has 0 saturated heterocycles. The molecule has 0 aliphatic heterocycles. The number of carbonyl (C=O) groups excluding carboxylic acids is 1. The third-order valence-electron chi connectivity index (χ3n) is 3.74. The molecule has 0 spiro atoms. The summed E-state index contributed by atoms with van der Waals surface area (Å²) in [7, 11) is 0. The monoisotopic (exact) mass is 351 g/mol. The molecule has 1 aromatic heterocycles. The molecule has 0 radical (unpaired) electrons. The number of rotatable bonds is 5. The van der Waals surface area contributed by atoms with Crippen LogP contribution < -0.4 is 10.6 Å². The van der Waals surface area contributed by atoms with Crippen molar-refractivity contribution in [3.63, 3.8) is 0 Å². The van der Waals surface area contributed by atoms with Crippen molar-refractivity contribution in [2.45, 2.75) is 13.5 Å². The van der Waals surface area contributed by atoms with Crippen molar-refractivity contribution in [3.8, 4) is 0 Å². The van der Waals surface area contributed by atoms with E-state index in [2.05, 4.69) is 15.6 Å². The summed E-state index contributed by atoms with van der Waals surface area (Å²) in [4.78, 5) is 16.5. The fourth-order valence-corrected chi connectivity index (χ4v) is 2.54. The standard InChI is InChI=1S/C20H18ClN3O/c1-14-6-8-16(9-7-14)24-20(25)19-12-17(10-11-22-19)23-13-15-4-2-3-5-18(15)21/h2-12H,13H2,1H3,(H,22,23)(H,24,25). The first kappa shape index (κ1) is 17.0. The van der Waals surface area contributed by atoms with Crippen LogP contribution in [0.3, 0.4) is 0 Å². The number of hydrogen-bond acceptors (Lipinski definition) is 3. The van der Waals surface area contributed by atoms with Crippen molar-refractivity contribution < 1.29 is 4.79 Å². The Balaban J connectivity index is 1.67. The number of nitrogens with one attached hydrogen (secondary N) is 2. The Morgan fingerprint density at radius 2 is 1.80 bits per heavy atom. The van der Waals surface area contributed by atoms with Gasteiger partial charge in [0.2, 0.25) is 0 Å². The van der Waals surface area contributed by atoms with Crippen LogP contribution in [-0.2, 0) is 6.54 Å². The summed E-state index contributed by atoms with van der Waals surface area (Å²) < 4.78 is 0. The zero-order valence-corrected chi connectivity index (χ0v) is 14.5. The van der Waals surface area contributed by atoms with Crippen LogP contribution in [0.5, 0.6) is 0 Å². The summed E-state index contributed by atoms with van der Waals surface area (Å²) in [6.45, 7) is 2.57. The molecule has 25 heavy (non-hydrogen) atoms. The topological polar surface area (TPSA) is 54.0 Å². The van der Waals surface area contributed by atoms with E-state index in [1.807, 2.05) is 61.5 Å². The van der Waals surface area contributed by atoms with Crippen molar-refractivity contribution in [1.82, 2.24) is 4.98 Å². The van der Waals surface area contributed by atoms with Gasteiger partial charge in [-0.3, -0.25) is 9.78 Å². The predicted molar refractivity (Wildman–Crippen MR) is 102 cm³/mol. The van der Waals surface area contributed by atoms with E-state index >= 15 is 0 Å². The minimum absolute atomic E-state index is 0.245. The maximum absolute atomic E-state index is 12.4. The third kappa shape index (κ3) is 4.58. The van der Waals surface area contributed by atoms with E-state index in [9.17, 15) is 4.79 Å². The summed E-state index contributed by atoms with van der Waals surface area (Å²) in [5.74, 6) is -0.245. The summed E-state index contributed by atoms with van der Waals surface area (Å²) in [5, 5.41) is 6.82. The lowest BCUT2D eigenvalue weighted by Crippen LogP contribution is -2.14. The molecule has 0 bridgehead atoms. The molecule has 1 heterocycles. The molecule has 0 atom stereocenters. The average molecular weight is 352 g/mol. The first-order valence-corrected chi connectivity index (χ1v) is 8.31. The Morgan fingerprint density at radius 3 is 2.56 bits per heavy atom. The number of amides is 1. The molecule has 0 aliphatic carbocycles. The number of pyridine rings is 1. The number of aromatic nitrogens is 1. The van der Waals surface area contributed by atoms with Gasteiger partial charge in [0.15, 0.2) is 0 Å². The van der Waals surface area contributed by atoms with Crippen LogP contribution in [-0.4, -0.2) is 10.9 Å². The number of aryl methyl sites for hydroxylation is 1. The van der Waals surface area contributed by atoms with E-state index in [0.29, 0.717) is 17.3 Å². The molecule has 5 heteroatoms. The largest absolute Gasteiger partial charge is 0.381 e. The second-order valence-electron chi connectivity index (χ2n) is 5.69. The van der Waals surface area contributed by atoms with E-state index in [-0.39, 0.29) is 5.91 Å². The zero-order chi connectivity index (χ0) is 17.6. The molecule has 3 rings (SSSR count). The molecular weight excluding hydrogens is 334 g/mol. The van der Waals surface area contributed by atoms with E-state index in [1.165, 1.54) is 0 Å². The van der Waals surface area contributed by atoms with Crippen LogP contribution in [0.1, 0.15) is 21.6 Å². The maximum Gasteiger partial charge on any atom is 0.274 e. The highest BCUT2D eigenvalue weighted by Gasteiger charge is 2.09. The van der Waals surface area contributed by atoms with Gasteiger partial charge in [-0.15, -0.1) is 0 Å². The second-order valence-corrected chi connectivity index (χ2v) is 6.10. The SMILES string of the molecule is Cc1ccc(NC(=O)c2cc(NCc3ccccc3Cl)ccn2)cc1. The first-order valence-electron chi connectivity index (χ1n) is 7.93. The van der Waals surface area contributed by atoms with Gasteiger partial charge in [0.1, 0.15) is 5.69 Å². The number of benzene rings is 2. The van der Waals surface area contributed by atoms with E-state index < -0.39 is 0 Å². The van der Waals surface area contributed by atoms with Gasteiger partial charge >= 0.3 is 0 Å².